The zero-order valence-electron chi connectivity index (χ0n) is 19.1. The molecule has 2 amide bonds. The number of urea groups is 1. The van der Waals surface area contributed by atoms with Crippen LogP contribution in [0.2, 0.25) is 5.02 Å². The third kappa shape index (κ3) is 5.42. The summed E-state index contributed by atoms with van der Waals surface area (Å²) in [5.41, 5.74) is 11.6. The molecule has 0 radical (unpaired) electrons. The van der Waals surface area contributed by atoms with Gasteiger partial charge in [-0.25, -0.2) is 4.79 Å². The van der Waals surface area contributed by atoms with Crippen LogP contribution < -0.4 is 20.7 Å². The maximum atomic E-state index is 13.6. The number of hydrogen-bond donors (Lipinski definition) is 2. The van der Waals surface area contributed by atoms with Crippen LogP contribution in [0.1, 0.15) is 36.1 Å². The Morgan fingerprint density at radius 1 is 1.09 bits per heavy atom. The molecule has 0 fully saturated rings. The molecule has 0 atom stereocenters. The van der Waals surface area contributed by atoms with Crippen LogP contribution in [0.15, 0.2) is 54.6 Å². The van der Waals surface area contributed by atoms with Gasteiger partial charge in [0.1, 0.15) is 5.75 Å². The number of benzene rings is 3. The van der Waals surface area contributed by atoms with Crippen LogP contribution in [0.25, 0.3) is 0 Å². The van der Waals surface area contributed by atoms with Crippen molar-refractivity contribution in [2.45, 2.75) is 33.2 Å². The first-order valence-corrected chi connectivity index (χ1v) is 11.2. The van der Waals surface area contributed by atoms with Gasteiger partial charge in [-0.05, 0) is 72.0 Å². The second-order valence-corrected chi connectivity index (χ2v) is 7.95. The highest BCUT2D eigenvalue weighted by atomic mass is 35.5. The normalized spacial score (nSPS) is 10.4. The van der Waals surface area contributed by atoms with Crippen LogP contribution in [0.5, 0.6) is 5.75 Å². The van der Waals surface area contributed by atoms with Crippen molar-refractivity contribution in [2.75, 3.05) is 23.1 Å². The van der Waals surface area contributed by atoms with E-state index in [-0.39, 0.29) is 6.03 Å². The first kappa shape index (κ1) is 24.0. The SMILES string of the molecule is C#Cc1ccc(N(Cc2ccc(OC)cc2)C(=O)Nc2c(CC)c(N)cc(Cl)c2CC)cc1. The zero-order chi connectivity index (χ0) is 24.0. The summed E-state index contributed by atoms with van der Waals surface area (Å²) in [6.45, 7) is 4.35. The monoisotopic (exact) mass is 461 g/mol. The number of carbonyl (C=O) groups is 1. The lowest BCUT2D eigenvalue weighted by Gasteiger charge is -2.26. The summed E-state index contributed by atoms with van der Waals surface area (Å²) in [4.78, 5) is 15.3. The number of nitrogens with one attached hydrogen (secondary N) is 1. The third-order valence-electron chi connectivity index (χ3n) is 5.55. The van der Waals surface area contributed by atoms with E-state index in [9.17, 15) is 4.79 Å². The van der Waals surface area contributed by atoms with Crippen molar-refractivity contribution >= 4 is 34.7 Å². The Morgan fingerprint density at radius 3 is 2.27 bits per heavy atom. The molecule has 3 N–H and O–H groups in total. The predicted molar refractivity (Wildman–Crippen MR) is 137 cm³/mol. The van der Waals surface area contributed by atoms with Gasteiger partial charge >= 0.3 is 6.03 Å². The third-order valence-corrected chi connectivity index (χ3v) is 5.89. The second kappa shape index (κ2) is 10.8. The average molecular weight is 462 g/mol. The number of carbonyl (C=O) groups excluding carboxylic acids is 1. The van der Waals surface area contributed by atoms with E-state index in [4.69, 9.17) is 28.5 Å². The van der Waals surface area contributed by atoms with Gasteiger partial charge in [-0.3, -0.25) is 4.90 Å². The fraction of sp³-hybridized carbons (Fsp3) is 0.222. The van der Waals surface area contributed by atoms with E-state index in [2.05, 4.69) is 11.2 Å². The van der Waals surface area contributed by atoms with E-state index in [0.29, 0.717) is 41.5 Å². The molecule has 0 spiro atoms. The Kier molecular flexibility index (Phi) is 7.87. The summed E-state index contributed by atoms with van der Waals surface area (Å²) in [7, 11) is 1.62. The van der Waals surface area contributed by atoms with E-state index in [0.717, 1.165) is 28.0 Å². The molecular formula is C27H28ClN3O2. The van der Waals surface area contributed by atoms with Gasteiger partial charge in [-0.15, -0.1) is 6.42 Å². The molecule has 0 aliphatic rings. The molecule has 3 aromatic carbocycles. The van der Waals surface area contributed by atoms with Gasteiger partial charge in [0.15, 0.2) is 0 Å². The molecule has 0 saturated heterocycles. The number of ether oxygens (including phenoxy) is 1. The molecule has 0 heterocycles. The second-order valence-electron chi connectivity index (χ2n) is 7.54. The van der Waals surface area contributed by atoms with Crippen molar-refractivity contribution in [3.05, 3.63) is 81.9 Å². The molecule has 0 unspecified atom stereocenters. The number of amides is 2. The predicted octanol–water partition coefficient (Wildman–Crippen LogP) is 6.28. The molecule has 0 saturated carbocycles. The summed E-state index contributed by atoms with van der Waals surface area (Å²) >= 11 is 6.46. The van der Waals surface area contributed by atoms with Gasteiger partial charge < -0.3 is 15.8 Å². The summed E-state index contributed by atoms with van der Waals surface area (Å²) in [5.74, 6) is 3.36. The van der Waals surface area contributed by atoms with Gasteiger partial charge in [0.2, 0.25) is 0 Å². The lowest BCUT2D eigenvalue weighted by molar-refractivity contribution is 0.256. The molecule has 0 aliphatic heterocycles. The fourth-order valence-corrected chi connectivity index (χ4v) is 4.09. The van der Waals surface area contributed by atoms with Crippen molar-refractivity contribution < 1.29 is 9.53 Å². The Morgan fingerprint density at radius 2 is 1.73 bits per heavy atom. The Balaban J connectivity index is 2.01. The van der Waals surface area contributed by atoms with Crippen LogP contribution in [-0.2, 0) is 19.4 Å². The number of nitrogens with zero attached hydrogens (tertiary/aromatic N) is 1. The van der Waals surface area contributed by atoms with Crippen molar-refractivity contribution in [3.63, 3.8) is 0 Å². The number of rotatable bonds is 7. The first-order chi connectivity index (χ1) is 15.9. The Hall–Kier alpha value is -3.62. The number of halogens is 1. The number of hydrogen-bond acceptors (Lipinski definition) is 3. The summed E-state index contributed by atoms with van der Waals surface area (Å²) in [6.07, 6.45) is 6.83. The van der Waals surface area contributed by atoms with Gasteiger partial charge in [0, 0.05) is 22.0 Å². The standard InChI is InChI=1S/C27H28ClN3O2/c1-5-18-8-12-20(13-9-18)31(17-19-10-14-21(33-4)15-11-19)27(32)30-26-22(6-2)24(28)16-25(29)23(26)7-3/h1,8-16H,6-7,17,29H2,2-4H3,(H,30,32). The van der Waals surface area contributed by atoms with Crippen LogP contribution in [0.3, 0.4) is 0 Å². The van der Waals surface area contributed by atoms with Gasteiger partial charge in [0.25, 0.3) is 0 Å². The topological polar surface area (TPSA) is 67.6 Å². The van der Waals surface area contributed by atoms with Crippen LogP contribution in [0.4, 0.5) is 21.9 Å². The molecule has 3 rings (SSSR count). The van der Waals surface area contributed by atoms with E-state index in [1.165, 1.54) is 0 Å². The Bertz CT molecular complexity index is 1140. The quantitative estimate of drug-likeness (QED) is 0.321. The van der Waals surface area contributed by atoms with Gasteiger partial charge in [-0.1, -0.05) is 43.5 Å². The van der Waals surface area contributed by atoms with Crippen molar-refractivity contribution in [2.24, 2.45) is 0 Å². The van der Waals surface area contributed by atoms with Crippen LogP contribution in [0, 0.1) is 12.3 Å². The molecule has 5 nitrogen and oxygen atoms in total. The number of anilines is 3. The highest BCUT2D eigenvalue weighted by molar-refractivity contribution is 6.32. The summed E-state index contributed by atoms with van der Waals surface area (Å²) in [5, 5.41) is 3.63. The maximum Gasteiger partial charge on any atom is 0.326 e. The van der Waals surface area contributed by atoms with Crippen LogP contribution >= 0.6 is 11.6 Å². The number of terminal acetylenes is 1. The van der Waals surface area contributed by atoms with Gasteiger partial charge in [0.05, 0.1) is 19.3 Å². The molecule has 0 bridgehead atoms. The number of nitrogens with two attached hydrogens (primary N) is 1. The molecule has 0 aromatic heterocycles. The Labute approximate surface area is 200 Å². The highest BCUT2D eigenvalue weighted by Crippen LogP contribution is 2.34. The maximum absolute atomic E-state index is 13.6. The highest BCUT2D eigenvalue weighted by Gasteiger charge is 2.21. The minimum atomic E-state index is -0.287. The van der Waals surface area contributed by atoms with Crippen molar-refractivity contribution in [1.82, 2.24) is 0 Å². The molecule has 33 heavy (non-hydrogen) atoms. The van der Waals surface area contributed by atoms with E-state index in [1.54, 1.807) is 18.1 Å². The average Bonchev–Trinajstić information content (AvgIpc) is 2.83. The smallest absolute Gasteiger partial charge is 0.326 e. The molecular weight excluding hydrogens is 434 g/mol. The number of nitrogen functional groups attached to an aromatic ring is 1. The van der Waals surface area contributed by atoms with Crippen molar-refractivity contribution in [3.8, 4) is 18.1 Å². The fourth-order valence-electron chi connectivity index (χ4n) is 3.74. The minimum Gasteiger partial charge on any atom is -0.497 e. The lowest BCUT2D eigenvalue weighted by Crippen LogP contribution is -2.35. The summed E-state index contributed by atoms with van der Waals surface area (Å²) in [6, 6.07) is 16.4. The largest absolute Gasteiger partial charge is 0.497 e. The van der Waals surface area contributed by atoms with Crippen molar-refractivity contribution in [1.29, 1.82) is 0 Å². The first-order valence-electron chi connectivity index (χ1n) is 10.8. The molecule has 6 heteroatoms. The zero-order valence-corrected chi connectivity index (χ0v) is 19.9. The molecule has 0 aliphatic carbocycles. The van der Waals surface area contributed by atoms with E-state index >= 15 is 0 Å². The van der Waals surface area contributed by atoms with Crippen LogP contribution in [-0.4, -0.2) is 13.1 Å². The summed E-state index contributed by atoms with van der Waals surface area (Å²) < 4.78 is 5.25. The number of methoxy groups -OCH3 is 1. The molecule has 3 aromatic rings. The molecule has 170 valence electrons. The van der Waals surface area contributed by atoms with E-state index < -0.39 is 0 Å². The van der Waals surface area contributed by atoms with E-state index in [1.807, 2.05) is 62.4 Å². The van der Waals surface area contributed by atoms with Gasteiger partial charge in [-0.2, -0.15) is 0 Å². The minimum absolute atomic E-state index is 0.287. The lowest BCUT2D eigenvalue weighted by atomic mass is 10.0.